The normalized spacial score (nSPS) is 24.7. The summed E-state index contributed by atoms with van der Waals surface area (Å²) in [6.45, 7) is 8.62. The zero-order valence-corrected chi connectivity index (χ0v) is 19.3. The van der Waals surface area contributed by atoms with Crippen LogP contribution in [0.2, 0.25) is 0 Å². The van der Waals surface area contributed by atoms with E-state index in [0.717, 1.165) is 23.9 Å². The predicted octanol–water partition coefficient (Wildman–Crippen LogP) is 6.27. The van der Waals surface area contributed by atoms with Gasteiger partial charge in [0, 0.05) is 23.5 Å². The van der Waals surface area contributed by atoms with Gasteiger partial charge in [-0.1, -0.05) is 39.0 Å². The average Bonchev–Trinajstić information content (AvgIpc) is 3.15. The van der Waals surface area contributed by atoms with Crippen LogP contribution in [0.5, 0.6) is 5.88 Å². The third-order valence-corrected chi connectivity index (χ3v) is 7.10. The van der Waals surface area contributed by atoms with E-state index >= 15 is 0 Å². The molecule has 2 aliphatic rings. The fraction of sp³-hybridized carbons (Fsp3) is 0.423. The first-order valence-corrected chi connectivity index (χ1v) is 11.4. The Morgan fingerprint density at radius 1 is 1.12 bits per heavy atom. The number of amides is 1. The number of fused-ring (bicyclic) bond motifs is 3. The van der Waals surface area contributed by atoms with Crippen molar-refractivity contribution in [3.8, 4) is 5.88 Å². The average molecular weight is 449 g/mol. The van der Waals surface area contributed by atoms with Crippen molar-refractivity contribution in [2.24, 2.45) is 21.1 Å². The molecule has 1 saturated carbocycles. The minimum Gasteiger partial charge on any atom is -0.493 e. The van der Waals surface area contributed by atoms with Gasteiger partial charge in [-0.3, -0.25) is 14.3 Å². The van der Waals surface area contributed by atoms with Crippen LogP contribution in [0.1, 0.15) is 50.4 Å². The number of likely N-dealkylation sites (tertiary alicyclic amines) is 1. The SMILES string of the molecule is CC1(C)C[C@H]2C[C@](C)(CN2Cn2c(O)c(N=NC(=O)c3ccc(F)cc3)c3ccccc32)C1. The predicted molar refractivity (Wildman–Crippen MR) is 125 cm³/mol. The van der Waals surface area contributed by atoms with Gasteiger partial charge in [-0.15, -0.1) is 10.2 Å². The number of aromatic hydroxyl groups is 1. The lowest BCUT2D eigenvalue weighted by Gasteiger charge is -2.40. The van der Waals surface area contributed by atoms with Gasteiger partial charge in [-0.05, 0) is 60.4 Å². The van der Waals surface area contributed by atoms with E-state index in [9.17, 15) is 14.3 Å². The van der Waals surface area contributed by atoms with Crippen LogP contribution in [0.15, 0.2) is 58.8 Å². The molecule has 2 heterocycles. The van der Waals surface area contributed by atoms with Crippen molar-refractivity contribution in [2.45, 2.75) is 52.7 Å². The lowest BCUT2D eigenvalue weighted by atomic mass is 9.65. The van der Waals surface area contributed by atoms with Gasteiger partial charge < -0.3 is 5.11 Å². The van der Waals surface area contributed by atoms with Crippen LogP contribution in [0.4, 0.5) is 10.1 Å². The summed E-state index contributed by atoms with van der Waals surface area (Å²) in [7, 11) is 0. The molecule has 1 aliphatic carbocycles. The summed E-state index contributed by atoms with van der Waals surface area (Å²) in [5.41, 5.74) is 1.96. The van der Waals surface area contributed by atoms with Crippen molar-refractivity contribution in [1.82, 2.24) is 9.47 Å². The number of para-hydroxylation sites is 1. The number of hydrogen-bond acceptors (Lipinski definition) is 4. The highest BCUT2D eigenvalue weighted by Crippen LogP contribution is 2.53. The van der Waals surface area contributed by atoms with E-state index in [1.807, 2.05) is 28.8 Å². The number of hydrogen-bond donors (Lipinski definition) is 1. The number of benzene rings is 2. The molecule has 1 saturated heterocycles. The summed E-state index contributed by atoms with van der Waals surface area (Å²) in [6.07, 6.45) is 3.52. The number of rotatable bonds is 4. The molecule has 1 N–H and O–H groups in total. The molecule has 3 aromatic rings. The topological polar surface area (TPSA) is 70.2 Å². The zero-order chi connectivity index (χ0) is 23.4. The third kappa shape index (κ3) is 4.06. The number of carbonyl (C=O) groups excluding carboxylic acids is 1. The molecule has 2 atom stereocenters. The maximum atomic E-state index is 13.1. The summed E-state index contributed by atoms with van der Waals surface area (Å²) < 4.78 is 15.0. The Kier molecular flexibility index (Phi) is 5.12. The molecule has 1 aliphatic heterocycles. The Hall–Kier alpha value is -3.06. The number of halogens is 1. The molecule has 0 spiro atoms. The molecule has 0 radical (unpaired) electrons. The number of carbonyl (C=O) groups is 1. The largest absolute Gasteiger partial charge is 0.493 e. The molecular weight excluding hydrogens is 419 g/mol. The Balaban J connectivity index is 1.46. The van der Waals surface area contributed by atoms with E-state index in [1.54, 1.807) is 0 Å². The fourth-order valence-electron chi connectivity index (χ4n) is 6.18. The Morgan fingerprint density at radius 3 is 2.61 bits per heavy atom. The Bertz CT molecular complexity index is 1250. The second-order valence-corrected chi connectivity index (χ2v) is 10.7. The van der Waals surface area contributed by atoms with E-state index in [-0.39, 0.29) is 22.5 Å². The Labute approximate surface area is 192 Å². The molecule has 5 rings (SSSR count). The first-order chi connectivity index (χ1) is 15.6. The molecule has 2 fully saturated rings. The Morgan fingerprint density at radius 2 is 1.85 bits per heavy atom. The molecule has 172 valence electrons. The first kappa shape index (κ1) is 21.8. The molecular formula is C26H29FN4O2. The van der Waals surface area contributed by atoms with Crippen molar-refractivity contribution in [1.29, 1.82) is 0 Å². The molecule has 2 bridgehead atoms. The molecule has 1 amide bonds. The fourth-order valence-corrected chi connectivity index (χ4v) is 6.18. The van der Waals surface area contributed by atoms with Gasteiger partial charge in [0.2, 0.25) is 5.88 Å². The van der Waals surface area contributed by atoms with Crippen LogP contribution in [0.25, 0.3) is 10.9 Å². The van der Waals surface area contributed by atoms with E-state index in [1.165, 1.54) is 37.1 Å². The lowest BCUT2D eigenvalue weighted by Crippen LogP contribution is -2.35. The zero-order valence-electron chi connectivity index (χ0n) is 19.3. The van der Waals surface area contributed by atoms with Crippen molar-refractivity contribution in [3.63, 3.8) is 0 Å². The van der Waals surface area contributed by atoms with Gasteiger partial charge in [0.15, 0.2) is 5.69 Å². The summed E-state index contributed by atoms with van der Waals surface area (Å²) in [6, 6.07) is 13.2. The second kappa shape index (κ2) is 7.76. The number of nitrogens with zero attached hydrogens (tertiary/aromatic N) is 4. The summed E-state index contributed by atoms with van der Waals surface area (Å²) in [5.74, 6) is -1.01. The standard InChI is InChI=1S/C26H29FN4O2/c1-25(2)12-19-13-26(3,14-25)15-30(19)16-31-21-7-5-4-6-20(21)22(24(31)33)28-29-23(32)17-8-10-18(27)11-9-17/h4-11,19,33H,12-16H2,1-3H3/t19-,26-/m0/s1. The molecule has 6 nitrogen and oxygen atoms in total. The maximum Gasteiger partial charge on any atom is 0.295 e. The van der Waals surface area contributed by atoms with Crippen LogP contribution in [-0.4, -0.2) is 33.1 Å². The van der Waals surface area contributed by atoms with Crippen molar-refractivity contribution in [2.75, 3.05) is 6.54 Å². The lowest BCUT2D eigenvalue weighted by molar-refractivity contribution is 0.0995. The van der Waals surface area contributed by atoms with Gasteiger partial charge >= 0.3 is 0 Å². The van der Waals surface area contributed by atoms with Crippen LogP contribution >= 0.6 is 0 Å². The number of aromatic nitrogens is 1. The first-order valence-electron chi connectivity index (χ1n) is 11.4. The molecule has 2 aromatic carbocycles. The van der Waals surface area contributed by atoms with E-state index in [2.05, 4.69) is 35.9 Å². The molecule has 0 unspecified atom stereocenters. The van der Waals surface area contributed by atoms with E-state index < -0.39 is 11.7 Å². The highest BCUT2D eigenvalue weighted by molar-refractivity contribution is 5.97. The van der Waals surface area contributed by atoms with E-state index in [0.29, 0.717) is 18.1 Å². The number of azo groups is 1. The summed E-state index contributed by atoms with van der Waals surface area (Å²) >= 11 is 0. The minimum atomic E-state index is -0.588. The quantitative estimate of drug-likeness (QED) is 0.478. The van der Waals surface area contributed by atoms with Gasteiger partial charge in [0.05, 0.1) is 12.2 Å². The van der Waals surface area contributed by atoms with Crippen molar-refractivity contribution < 1.29 is 14.3 Å². The van der Waals surface area contributed by atoms with Crippen LogP contribution in [-0.2, 0) is 6.67 Å². The molecule has 7 heteroatoms. The van der Waals surface area contributed by atoms with Gasteiger partial charge in [-0.25, -0.2) is 4.39 Å². The van der Waals surface area contributed by atoms with Crippen LogP contribution < -0.4 is 0 Å². The maximum absolute atomic E-state index is 13.1. The van der Waals surface area contributed by atoms with Gasteiger partial charge in [0.25, 0.3) is 5.91 Å². The van der Waals surface area contributed by atoms with Crippen LogP contribution in [0, 0.1) is 16.6 Å². The summed E-state index contributed by atoms with van der Waals surface area (Å²) in [4.78, 5) is 14.9. The molecule has 33 heavy (non-hydrogen) atoms. The van der Waals surface area contributed by atoms with E-state index in [4.69, 9.17) is 0 Å². The van der Waals surface area contributed by atoms with Crippen molar-refractivity contribution >= 4 is 22.5 Å². The second-order valence-electron chi connectivity index (χ2n) is 10.7. The smallest absolute Gasteiger partial charge is 0.295 e. The molecule has 1 aromatic heterocycles. The minimum absolute atomic E-state index is 0.00211. The van der Waals surface area contributed by atoms with Gasteiger partial charge in [-0.2, -0.15) is 0 Å². The monoisotopic (exact) mass is 448 g/mol. The van der Waals surface area contributed by atoms with Crippen molar-refractivity contribution in [3.05, 3.63) is 59.9 Å². The highest BCUT2D eigenvalue weighted by atomic mass is 19.1. The van der Waals surface area contributed by atoms with Gasteiger partial charge in [0.1, 0.15) is 5.82 Å². The van der Waals surface area contributed by atoms with Crippen LogP contribution in [0.3, 0.4) is 0 Å². The third-order valence-electron chi connectivity index (χ3n) is 7.10. The highest BCUT2D eigenvalue weighted by Gasteiger charge is 2.49. The summed E-state index contributed by atoms with van der Waals surface area (Å²) in [5, 5.41) is 19.8.